The number of aliphatic hydroxyl groups excluding tert-OH is 1. The third-order valence-electron chi connectivity index (χ3n) is 2.49. The van der Waals surface area contributed by atoms with Crippen LogP contribution in [0, 0.1) is 0 Å². The Hall–Kier alpha value is -0.670. The maximum absolute atomic E-state index is 11.2. The van der Waals surface area contributed by atoms with E-state index in [2.05, 4.69) is 0 Å². The van der Waals surface area contributed by atoms with Gasteiger partial charge in [0.25, 0.3) is 0 Å². The average Bonchev–Trinajstić information content (AvgIpc) is 2.00. The summed E-state index contributed by atoms with van der Waals surface area (Å²) in [4.78, 5) is 11.2. The van der Waals surface area contributed by atoms with Crippen LogP contribution in [0.3, 0.4) is 0 Å². The van der Waals surface area contributed by atoms with E-state index < -0.39 is 12.2 Å². The first-order chi connectivity index (χ1) is 5.61. The van der Waals surface area contributed by atoms with Gasteiger partial charge in [-0.25, -0.2) is 0 Å². The Morgan fingerprint density at radius 2 is 2.50 bits per heavy atom. The van der Waals surface area contributed by atoms with Gasteiger partial charge in [0.15, 0.2) is 5.78 Å². The Labute approximate surface area is 71.0 Å². The summed E-state index contributed by atoms with van der Waals surface area (Å²) in [5.41, 5.74) is -0.365. The summed E-state index contributed by atoms with van der Waals surface area (Å²) >= 11 is 0. The van der Waals surface area contributed by atoms with Crippen LogP contribution in [0.2, 0.25) is 0 Å². The molecule has 2 rings (SSSR count). The zero-order chi connectivity index (χ0) is 8.77. The van der Waals surface area contributed by atoms with Gasteiger partial charge in [-0.2, -0.15) is 0 Å². The highest BCUT2D eigenvalue weighted by atomic mass is 16.5. The van der Waals surface area contributed by atoms with Gasteiger partial charge in [-0.15, -0.1) is 0 Å². The number of Topliss-reactive ketones (excluding diaryl/α,β-unsaturated/α-hetero) is 1. The third-order valence-corrected chi connectivity index (χ3v) is 2.49. The van der Waals surface area contributed by atoms with Crippen LogP contribution in [-0.2, 0) is 9.53 Å². The van der Waals surface area contributed by atoms with Gasteiger partial charge in [-0.3, -0.25) is 4.79 Å². The minimum atomic E-state index is -0.949. The van der Waals surface area contributed by atoms with Crippen molar-refractivity contribution >= 4 is 5.78 Å². The van der Waals surface area contributed by atoms with Crippen molar-refractivity contribution in [1.82, 2.24) is 0 Å². The molecule has 0 aliphatic carbocycles. The van der Waals surface area contributed by atoms with Crippen molar-refractivity contribution in [2.75, 3.05) is 0 Å². The van der Waals surface area contributed by atoms with Crippen molar-refractivity contribution in [3.05, 3.63) is 12.2 Å². The average molecular weight is 168 g/mol. The molecule has 2 bridgehead atoms. The summed E-state index contributed by atoms with van der Waals surface area (Å²) in [6, 6.07) is 0. The highest BCUT2D eigenvalue weighted by Gasteiger charge is 2.43. The predicted octanol–water partition coefficient (Wildman–Crippen LogP) is 0.424. The monoisotopic (exact) mass is 168 g/mol. The SMILES string of the molecule is CC12CC=CC(O1)C(O)C(=O)C2. The third kappa shape index (κ3) is 1.09. The summed E-state index contributed by atoms with van der Waals surface area (Å²) in [7, 11) is 0. The van der Waals surface area contributed by atoms with Gasteiger partial charge < -0.3 is 9.84 Å². The van der Waals surface area contributed by atoms with E-state index in [1.807, 2.05) is 13.0 Å². The van der Waals surface area contributed by atoms with Gasteiger partial charge in [0.2, 0.25) is 0 Å². The standard InChI is InChI=1S/C9H12O3/c1-9-4-2-3-7(12-9)8(11)6(10)5-9/h2-3,7-8,11H,4-5H2,1H3. The van der Waals surface area contributed by atoms with Crippen LogP contribution in [0.4, 0.5) is 0 Å². The molecule has 1 saturated heterocycles. The molecule has 2 aliphatic heterocycles. The second-order valence-corrected chi connectivity index (χ2v) is 3.75. The molecule has 0 radical (unpaired) electrons. The highest BCUT2D eigenvalue weighted by molar-refractivity contribution is 5.85. The number of carbonyl (C=O) groups is 1. The first-order valence-corrected chi connectivity index (χ1v) is 4.16. The molecule has 3 heteroatoms. The lowest BCUT2D eigenvalue weighted by atomic mass is 9.84. The maximum atomic E-state index is 11.2. The molecule has 0 amide bonds. The Morgan fingerprint density at radius 1 is 1.75 bits per heavy atom. The molecule has 2 aliphatic rings. The van der Waals surface area contributed by atoms with Crippen molar-refractivity contribution in [3.8, 4) is 0 Å². The van der Waals surface area contributed by atoms with Crippen LogP contribution >= 0.6 is 0 Å². The van der Waals surface area contributed by atoms with Crippen molar-refractivity contribution in [3.63, 3.8) is 0 Å². The molecular formula is C9H12O3. The first-order valence-electron chi connectivity index (χ1n) is 4.16. The molecule has 0 aromatic rings. The molecule has 66 valence electrons. The smallest absolute Gasteiger partial charge is 0.167 e. The van der Waals surface area contributed by atoms with E-state index >= 15 is 0 Å². The van der Waals surface area contributed by atoms with Crippen molar-refractivity contribution in [1.29, 1.82) is 0 Å². The van der Waals surface area contributed by atoms with Crippen LogP contribution in [0.25, 0.3) is 0 Å². The summed E-state index contributed by atoms with van der Waals surface area (Å²) in [5.74, 6) is -0.0990. The summed E-state index contributed by atoms with van der Waals surface area (Å²) in [5, 5.41) is 9.38. The molecule has 3 nitrogen and oxygen atoms in total. The van der Waals surface area contributed by atoms with Gasteiger partial charge >= 0.3 is 0 Å². The fraction of sp³-hybridized carbons (Fsp3) is 0.667. The molecule has 0 spiro atoms. The summed E-state index contributed by atoms with van der Waals surface area (Å²) in [6.07, 6.45) is 3.48. The number of aliphatic hydroxyl groups is 1. The molecule has 0 saturated carbocycles. The Balaban J connectivity index is 2.29. The number of hydrogen-bond acceptors (Lipinski definition) is 3. The van der Waals surface area contributed by atoms with Crippen molar-refractivity contribution < 1.29 is 14.6 Å². The van der Waals surface area contributed by atoms with E-state index in [-0.39, 0.29) is 11.4 Å². The van der Waals surface area contributed by atoms with Crippen LogP contribution in [-0.4, -0.2) is 28.7 Å². The summed E-state index contributed by atoms with van der Waals surface area (Å²) < 4.78 is 5.53. The number of fused-ring (bicyclic) bond motifs is 2. The zero-order valence-corrected chi connectivity index (χ0v) is 6.99. The summed E-state index contributed by atoms with van der Waals surface area (Å²) in [6.45, 7) is 1.91. The number of ether oxygens (including phenoxy) is 1. The van der Waals surface area contributed by atoms with Crippen LogP contribution in [0.5, 0.6) is 0 Å². The normalized spacial score (nSPS) is 46.3. The van der Waals surface area contributed by atoms with Gasteiger partial charge in [0.1, 0.15) is 12.2 Å². The van der Waals surface area contributed by atoms with E-state index in [4.69, 9.17) is 4.74 Å². The second kappa shape index (κ2) is 2.41. The van der Waals surface area contributed by atoms with Gasteiger partial charge in [-0.1, -0.05) is 12.2 Å². The molecule has 1 N–H and O–H groups in total. The van der Waals surface area contributed by atoms with Gasteiger partial charge in [-0.05, 0) is 13.3 Å². The van der Waals surface area contributed by atoms with Gasteiger partial charge in [0.05, 0.1) is 5.60 Å². The lowest BCUT2D eigenvalue weighted by molar-refractivity contribution is -0.171. The number of ketones is 1. The van der Waals surface area contributed by atoms with Crippen LogP contribution in [0.1, 0.15) is 19.8 Å². The molecule has 3 atom stereocenters. The van der Waals surface area contributed by atoms with E-state index in [1.54, 1.807) is 6.08 Å². The molecule has 3 unspecified atom stereocenters. The Morgan fingerprint density at radius 3 is 3.25 bits per heavy atom. The molecule has 12 heavy (non-hydrogen) atoms. The first kappa shape index (κ1) is 7.95. The quantitative estimate of drug-likeness (QED) is 0.533. The molecule has 0 aromatic heterocycles. The predicted molar refractivity (Wildman–Crippen MR) is 42.7 cm³/mol. The van der Waals surface area contributed by atoms with Crippen molar-refractivity contribution in [2.45, 2.75) is 37.6 Å². The van der Waals surface area contributed by atoms with E-state index in [0.717, 1.165) is 6.42 Å². The number of carbonyl (C=O) groups excluding carboxylic acids is 1. The number of hydrogen-bond donors (Lipinski definition) is 1. The fourth-order valence-corrected chi connectivity index (χ4v) is 1.81. The van der Waals surface area contributed by atoms with Gasteiger partial charge in [0, 0.05) is 6.42 Å². The number of rotatable bonds is 0. The molecule has 2 heterocycles. The Bertz CT molecular complexity index is 246. The van der Waals surface area contributed by atoms with E-state index in [0.29, 0.717) is 6.42 Å². The van der Waals surface area contributed by atoms with E-state index in [9.17, 15) is 9.90 Å². The van der Waals surface area contributed by atoms with Crippen LogP contribution in [0.15, 0.2) is 12.2 Å². The maximum Gasteiger partial charge on any atom is 0.167 e. The second-order valence-electron chi connectivity index (χ2n) is 3.75. The van der Waals surface area contributed by atoms with Crippen molar-refractivity contribution in [2.24, 2.45) is 0 Å². The fourth-order valence-electron chi connectivity index (χ4n) is 1.81. The van der Waals surface area contributed by atoms with Crippen LogP contribution < -0.4 is 0 Å². The lowest BCUT2D eigenvalue weighted by Gasteiger charge is -2.41. The lowest BCUT2D eigenvalue weighted by Crippen LogP contribution is -2.51. The Kier molecular flexibility index (Phi) is 1.59. The molecule has 1 fully saturated rings. The minimum Gasteiger partial charge on any atom is -0.382 e. The van der Waals surface area contributed by atoms with E-state index in [1.165, 1.54) is 0 Å². The largest absolute Gasteiger partial charge is 0.382 e. The highest BCUT2D eigenvalue weighted by Crippen LogP contribution is 2.33. The molecular weight excluding hydrogens is 156 g/mol. The zero-order valence-electron chi connectivity index (χ0n) is 6.99. The minimum absolute atomic E-state index is 0.0990. The molecule has 0 aromatic carbocycles. The topological polar surface area (TPSA) is 46.5 Å².